The summed E-state index contributed by atoms with van der Waals surface area (Å²) in [4.78, 5) is 14.5. The minimum absolute atomic E-state index is 0.0922. The summed E-state index contributed by atoms with van der Waals surface area (Å²) in [6.07, 6.45) is 0.467. The normalized spacial score (nSPS) is 15.2. The Kier molecular flexibility index (Phi) is 4.42. The van der Waals surface area contributed by atoms with Crippen molar-refractivity contribution in [2.24, 2.45) is 0 Å². The number of carbonyl (C=O) groups excluding carboxylic acids is 1. The van der Waals surface area contributed by atoms with Gasteiger partial charge in [-0.15, -0.1) is 5.10 Å². The van der Waals surface area contributed by atoms with Gasteiger partial charge in [0, 0.05) is 13.0 Å². The molecular formula is C18H22N6O2. The molecule has 1 aromatic carbocycles. The van der Waals surface area contributed by atoms with Crippen molar-refractivity contribution in [1.29, 1.82) is 0 Å². The van der Waals surface area contributed by atoms with Crippen molar-refractivity contribution < 1.29 is 9.90 Å². The van der Waals surface area contributed by atoms with Crippen LogP contribution in [0.25, 0.3) is 11.0 Å². The Morgan fingerprint density at radius 3 is 3.00 bits per heavy atom. The third kappa shape index (κ3) is 3.08. The molecule has 4 rings (SSSR count). The molecule has 0 aliphatic carbocycles. The molecular weight excluding hydrogens is 332 g/mol. The second-order valence-electron chi connectivity index (χ2n) is 6.57. The van der Waals surface area contributed by atoms with Crippen molar-refractivity contribution in [3.05, 3.63) is 41.7 Å². The van der Waals surface area contributed by atoms with E-state index in [9.17, 15) is 9.90 Å². The Hall–Kier alpha value is -2.74. The maximum Gasteiger partial charge on any atom is 0.224 e. The molecule has 0 radical (unpaired) electrons. The van der Waals surface area contributed by atoms with Gasteiger partial charge < -0.3 is 10.0 Å². The van der Waals surface area contributed by atoms with Gasteiger partial charge in [-0.2, -0.15) is 5.10 Å². The summed E-state index contributed by atoms with van der Waals surface area (Å²) >= 11 is 0. The average Bonchev–Trinajstić information content (AvgIpc) is 3.28. The van der Waals surface area contributed by atoms with Crippen LogP contribution >= 0.6 is 0 Å². The monoisotopic (exact) mass is 354 g/mol. The van der Waals surface area contributed by atoms with Crippen LogP contribution in [0.15, 0.2) is 30.3 Å². The highest BCUT2D eigenvalue weighted by Crippen LogP contribution is 2.20. The average molecular weight is 354 g/mol. The molecule has 0 spiro atoms. The number of aromatic nitrogens is 5. The first kappa shape index (κ1) is 16.7. The van der Waals surface area contributed by atoms with Crippen molar-refractivity contribution in [3.8, 4) is 0 Å². The molecule has 1 unspecified atom stereocenters. The van der Waals surface area contributed by atoms with E-state index in [2.05, 4.69) is 15.4 Å². The van der Waals surface area contributed by atoms with Crippen molar-refractivity contribution in [2.45, 2.75) is 45.5 Å². The van der Waals surface area contributed by atoms with E-state index in [1.54, 1.807) is 4.68 Å². The Morgan fingerprint density at radius 1 is 1.31 bits per heavy atom. The molecule has 136 valence electrons. The van der Waals surface area contributed by atoms with Crippen molar-refractivity contribution in [3.63, 3.8) is 0 Å². The summed E-state index contributed by atoms with van der Waals surface area (Å²) in [5, 5.41) is 22.7. The molecule has 1 amide bonds. The molecule has 8 heteroatoms. The van der Waals surface area contributed by atoms with Crippen LogP contribution in [-0.2, 0) is 24.4 Å². The van der Waals surface area contributed by atoms with Crippen LogP contribution in [0.3, 0.4) is 0 Å². The number of rotatable bonds is 5. The zero-order valence-electron chi connectivity index (χ0n) is 14.7. The smallest absolute Gasteiger partial charge is 0.224 e. The molecule has 8 nitrogen and oxygen atoms in total. The third-order valence-corrected chi connectivity index (χ3v) is 4.86. The zero-order valence-corrected chi connectivity index (χ0v) is 14.7. The van der Waals surface area contributed by atoms with Gasteiger partial charge in [0.15, 0.2) is 0 Å². The predicted molar refractivity (Wildman–Crippen MR) is 95.0 cm³/mol. The predicted octanol–water partition coefficient (Wildman–Crippen LogP) is 1.50. The maximum absolute atomic E-state index is 12.6. The molecule has 1 aliphatic heterocycles. The number of nitrogens with zero attached hydrogens (tertiary/aromatic N) is 6. The highest BCUT2D eigenvalue weighted by molar-refractivity contribution is 5.77. The first-order chi connectivity index (χ1) is 12.7. The van der Waals surface area contributed by atoms with Crippen molar-refractivity contribution in [1.82, 2.24) is 29.7 Å². The SMILES string of the molecule is CCC(O)c1cc2n(n1)CCN(C(=O)CCn1nnc3ccccc31)C2. The Bertz CT molecular complexity index is 931. The Labute approximate surface area is 151 Å². The second kappa shape index (κ2) is 6.87. The van der Waals surface area contributed by atoms with Gasteiger partial charge in [0.05, 0.1) is 42.6 Å². The summed E-state index contributed by atoms with van der Waals surface area (Å²) in [6.45, 7) is 4.25. The lowest BCUT2D eigenvalue weighted by atomic mass is 10.2. The van der Waals surface area contributed by atoms with E-state index in [0.717, 1.165) is 16.7 Å². The number of aryl methyl sites for hydroxylation is 1. The zero-order chi connectivity index (χ0) is 18.1. The largest absolute Gasteiger partial charge is 0.387 e. The molecule has 1 atom stereocenters. The molecule has 1 N–H and O–H groups in total. The van der Waals surface area contributed by atoms with E-state index >= 15 is 0 Å². The summed E-state index contributed by atoms with van der Waals surface area (Å²) in [5.74, 6) is 0.0922. The fourth-order valence-electron chi connectivity index (χ4n) is 3.32. The lowest BCUT2D eigenvalue weighted by Gasteiger charge is -2.27. The van der Waals surface area contributed by atoms with Gasteiger partial charge in [0.2, 0.25) is 5.91 Å². The Morgan fingerprint density at radius 2 is 2.15 bits per heavy atom. The van der Waals surface area contributed by atoms with E-state index in [0.29, 0.717) is 44.7 Å². The van der Waals surface area contributed by atoms with E-state index < -0.39 is 6.10 Å². The highest BCUT2D eigenvalue weighted by Gasteiger charge is 2.23. The lowest BCUT2D eigenvalue weighted by molar-refractivity contribution is -0.133. The van der Waals surface area contributed by atoms with Crippen LogP contribution < -0.4 is 0 Å². The van der Waals surface area contributed by atoms with Crippen molar-refractivity contribution >= 4 is 16.9 Å². The number of amides is 1. The molecule has 1 aliphatic rings. The molecule has 26 heavy (non-hydrogen) atoms. The van der Waals surface area contributed by atoms with Crippen molar-refractivity contribution in [2.75, 3.05) is 6.54 Å². The number of aliphatic hydroxyl groups is 1. The molecule has 0 fully saturated rings. The van der Waals surface area contributed by atoms with Gasteiger partial charge in [0.1, 0.15) is 5.52 Å². The number of fused-ring (bicyclic) bond motifs is 2. The summed E-state index contributed by atoms with van der Waals surface area (Å²) in [7, 11) is 0. The van der Waals surface area contributed by atoms with Crippen LogP contribution in [0.5, 0.6) is 0 Å². The quantitative estimate of drug-likeness (QED) is 0.750. The molecule has 0 saturated carbocycles. The number of carbonyl (C=O) groups is 1. The number of aliphatic hydroxyl groups excluding tert-OH is 1. The van der Waals surface area contributed by atoms with Gasteiger partial charge in [-0.1, -0.05) is 24.3 Å². The van der Waals surface area contributed by atoms with Gasteiger partial charge >= 0.3 is 0 Å². The van der Waals surface area contributed by atoms with Crippen LogP contribution in [0.1, 0.15) is 37.3 Å². The standard InChI is InChI=1S/C18H22N6O2/c1-2-17(25)15-11-13-12-22(9-10-23(13)20-15)18(26)7-8-24-16-6-4-3-5-14(16)19-21-24/h3-6,11,17,25H,2,7-10,12H2,1H3. The third-order valence-electron chi connectivity index (χ3n) is 4.86. The minimum atomic E-state index is -0.544. The minimum Gasteiger partial charge on any atom is -0.387 e. The molecule has 3 aromatic rings. The molecule has 3 heterocycles. The van der Waals surface area contributed by atoms with E-state index in [4.69, 9.17) is 0 Å². The summed E-state index contributed by atoms with van der Waals surface area (Å²) in [6, 6.07) is 9.64. The van der Waals surface area contributed by atoms with Crippen LogP contribution in [0.4, 0.5) is 0 Å². The molecule has 0 saturated heterocycles. The summed E-state index contributed by atoms with van der Waals surface area (Å²) < 4.78 is 3.67. The molecule has 2 aromatic heterocycles. The Balaban J connectivity index is 1.40. The number of para-hydroxylation sites is 1. The topological polar surface area (TPSA) is 89.1 Å². The van der Waals surface area contributed by atoms with Crippen LogP contribution in [0.2, 0.25) is 0 Å². The van der Waals surface area contributed by atoms with Gasteiger partial charge in [-0.05, 0) is 24.6 Å². The van der Waals surface area contributed by atoms with Gasteiger partial charge in [-0.3, -0.25) is 9.48 Å². The van der Waals surface area contributed by atoms with Gasteiger partial charge in [0.25, 0.3) is 0 Å². The number of benzene rings is 1. The van der Waals surface area contributed by atoms with E-state index in [1.807, 2.05) is 46.8 Å². The maximum atomic E-state index is 12.6. The lowest BCUT2D eigenvalue weighted by Crippen LogP contribution is -2.38. The van der Waals surface area contributed by atoms with E-state index in [1.165, 1.54) is 0 Å². The highest BCUT2D eigenvalue weighted by atomic mass is 16.3. The molecule has 0 bridgehead atoms. The summed E-state index contributed by atoms with van der Waals surface area (Å²) in [5.41, 5.74) is 3.43. The number of hydrogen-bond acceptors (Lipinski definition) is 5. The first-order valence-electron chi connectivity index (χ1n) is 8.96. The van der Waals surface area contributed by atoms with Crippen LogP contribution in [-0.4, -0.2) is 47.2 Å². The van der Waals surface area contributed by atoms with E-state index in [-0.39, 0.29) is 5.91 Å². The fourth-order valence-corrected chi connectivity index (χ4v) is 3.32. The first-order valence-corrected chi connectivity index (χ1v) is 8.96. The fraction of sp³-hybridized carbons (Fsp3) is 0.444. The number of hydrogen-bond donors (Lipinski definition) is 1. The second-order valence-corrected chi connectivity index (χ2v) is 6.57. The van der Waals surface area contributed by atoms with Gasteiger partial charge in [-0.25, -0.2) is 4.68 Å². The van der Waals surface area contributed by atoms with Crippen LogP contribution in [0, 0.1) is 0 Å².